The molecule has 1 N–H and O–H groups in total. The number of benzene rings is 1. The van der Waals surface area contributed by atoms with Crippen molar-refractivity contribution in [1.82, 2.24) is 0 Å². The van der Waals surface area contributed by atoms with Crippen molar-refractivity contribution in [3.05, 3.63) is 29.5 Å². The fourth-order valence-electron chi connectivity index (χ4n) is 1.80. The van der Waals surface area contributed by atoms with E-state index in [1.54, 1.807) is 19.1 Å². The molecule has 4 nitrogen and oxygen atoms in total. The minimum absolute atomic E-state index is 0.0208. The SMILES string of the molecule is CCCOc1cccc2oc(C(=O)O)c(C)c12. The number of rotatable bonds is 4. The van der Waals surface area contributed by atoms with Crippen molar-refractivity contribution in [3.8, 4) is 5.75 Å². The Hall–Kier alpha value is -1.97. The van der Waals surface area contributed by atoms with Crippen LogP contribution in [0.4, 0.5) is 0 Å². The summed E-state index contributed by atoms with van der Waals surface area (Å²) < 4.78 is 10.9. The molecule has 1 heterocycles. The van der Waals surface area contributed by atoms with Crippen molar-refractivity contribution in [1.29, 1.82) is 0 Å². The molecule has 0 fully saturated rings. The molecule has 0 aliphatic rings. The number of fused-ring (bicyclic) bond motifs is 1. The molecule has 0 amide bonds. The van der Waals surface area contributed by atoms with Gasteiger partial charge in [-0.05, 0) is 25.5 Å². The van der Waals surface area contributed by atoms with E-state index in [0.717, 1.165) is 11.8 Å². The lowest BCUT2D eigenvalue weighted by Gasteiger charge is -2.05. The molecule has 0 unspecified atom stereocenters. The molecule has 0 saturated heterocycles. The molecule has 4 heteroatoms. The number of ether oxygens (including phenoxy) is 1. The van der Waals surface area contributed by atoms with E-state index in [0.29, 0.717) is 23.5 Å². The van der Waals surface area contributed by atoms with Crippen molar-refractivity contribution >= 4 is 16.9 Å². The molecule has 0 bridgehead atoms. The first-order valence-electron chi connectivity index (χ1n) is 5.53. The molecule has 2 aromatic rings. The van der Waals surface area contributed by atoms with E-state index in [-0.39, 0.29) is 5.76 Å². The van der Waals surface area contributed by atoms with Gasteiger partial charge in [-0.3, -0.25) is 0 Å². The van der Waals surface area contributed by atoms with Gasteiger partial charge in [0, 0.05) is 5.56 Å². The van der Waals surface area contributed by atoms with Gasteiger partial charge in [-0.2, -0.15) is 0 Å². The number of carboxylic acids is 1. The number of furan rings is 1. The normalized spacial score (nSPS) is 10.7. The van der Waals surface area contributed by atoms with Crippen LogP contribution in [0.15, 0.2) is 22.6 Å². The molecule has 2 rings (SSSR count). The fourth-order valence-corrected chi connectivity index (χ4v) is 1.80. The first-order chi connectivity index (χ1) is 8.15. The molecule has 1 aromatic heterocycles. The van der Waals surface area contributed by atoms with E-state index >= 15 is 0 Å². The second-order valence-corrected chi connectivity index (χ2v) is 3.84. The largest absolute Gasteiger partial charge is 0.493 e. The van der Waals surface area contributed by atoms with Gasteiger partial charge in [-0.15, -0.1) is 0 Å². The minimum atomic E-state index is -1.06. The fraction of sp³-hybridized carbons (Fsp3) is 0.308. The quantitative estimate of drug-likeness (QED) is 0.882. The Kier molecular flexibility index (Phi) is 3.04. The Morgan fingerprint density at radius 3 is 2.88 bits per heavy atom. The van der Waals surface area contributed by atoms with Crippen LogP contribution < -0.4 is 4.74 Å². The van der Waals surface area contributed by atoms with E-state index < -0.39 is 5.97 Å². The van der Waals surface area contributed by atoms with Crippen LogP contribution in [0.1, 0.15) is 29.5 Å². The number of hydrogen-bond donors (Lipinski definition) is 1. The van der Waals surface area contributed by atoms with Crippen LogP contribution in [-0.2, 0) is 0 Å². The maximum atomic E-state index is 11.0. The van der Waals surface area contributed by atoms with Gasteiger partial charge in [0.05, 0.1) is 12.0 Å². The number of aromatic carboxylic acids is 1. The minimum Gasteiger partial charge on any atom is -0.493 e. The average Bonchev–Trinajstić information content (AvgIpc) is 2.65. The summed E-state index contributed by atoms with van der Waals surface area (Å²) in [6.45, 7) is 4.35. The first kappa shape index (κ1) is 11.5. The molecular formula is C13H14O4. The van der Waals surface area contributed by atoms with Gasteiger partial charge in [0.1, 0.15) is 11.3 Å². The van der Waals surface area contributed by atoms with Crippen LogP contribution in [0.2, 0.25) is 0 Å². The average molecular weight is 234 g/mol. The van der Waals surface area contributed by atoms with Crippen molar-refractivity contribution < 1.29 is 19.1 Å². The Morgan fingerprint density at radius 2 is 2.24 bits per heavy atom. The Bertz CT molecular complexity index is 554. The standard InChI is InChI=1S/C13H14O4/c1-3-7-16-9-5-4-6-10-11(9)8(2)12(17-10)13(14)15/h4-6H,3,7H2,1-2H3,(H,14,15). The summed E-state index contributed by atoms with van der Waals surface area (Å²) in [5.74, 6) is -0.397. The van der Waals surface area contributed by atoms with Gasteiger partial charge in [0.2, 0.25) is 5.76 Å². The van der Waals surface area contributed by atoms with E-state index in [9.17, 15) is 4.79 Å². The summed E-state index contributed by atoms with van der Waals surface area (Å²) in [4.78, 5) is 11.0. The van der Waals surface area contributed by atoms with Gasteiger partial charge in [0.15, 0.2) is 0 Å². The summed E-state index contributed by atoms with van der Waals surface area (Å²) in [6.07, 6.45) is 0.902. The third-order valence-corrected chi connectivity index (χ3v) is 2.57. The summed E-state index contributed by atoms with van der Waals surface area (Å²) in [7, 11) is 0. The highest BCUT2D eigenvalue weighted by Gasteiger charge is 2.19. The number of hydrogen-bond acceptors (Lipinski definition) is 3. The third-order valence-electron chi connectivity index (χ3n) is 2.57. The molecular weight excluding hydrogens is 220 g/mol. The van der Waals surface area contributed by atoms with Crippen LogP contribution in [0.3, 0.4) is 0 Å². The smallest absolute Gasteiger partial charge is 0.372 e. The molecule has 0 aliphatic carbocycles. The Labute approximate surface area is 98.8 Å². The van der Waals surface area contributed by atoms with Gasteiger partial charge < -0.3 is 14.3 Å². The zero-order valence-electron chi connectivity index (χ0n) is 9.82. The molecule has 0 saturated carbocycles. The van der Waals surface area contributed by atoms with E-state index in [2.05, 4.69) is 0 Å². The predicted octanol–water partition coefficient (Wildman–Crippen LogP) is 3.23. The number of carboxylic acid groups (broad SMARTS) is 1. The highest BCUT2D eigenvalue weighted by molar-refractivity contribution is 5.97. The van der Waals surface area contributed by atoms with Crippen LogP contribution >= 0.6 is 0 Å². The molecule has 0 radical (unpaired) electrons. The lowest BCUT2D eigenvalue weighted by Crippen LogP contribution is -1.97. The molecule has 90 valence electrons. The second-order valence-electron chi connectivity index (χ2n) is 3.84. The first-order valence-corrected chi connectivity index (χ1v) is 5.53. The summed E-state index contributed by atoms with van der Waals surface area (Å²) in [5, 5.41) is 9.75. The van der Waals surface area contributed by atoms with Gasteiger partial charge in [-0.25, -0.2) is 4.79 Å². The van der Waals surface area contributed by atoms with Gasteiger partial charge >= 0.3 is 5.97 Å². The van der Waals surface area contributed by atoms with Gasteiger partial charge in [-0.1, -0.05) is 13.0 Å². The highest BCUT2D eigenvalue weighted by atomic mass is 16.5. The molecule has 0 aliphatic heterocycles. The molecule has 0 spiro atoms. The third kappa shape index (κ3) is 1.98. The van der Waals surface area contributed by atoms with E-state index in [4.69, 9.17) is 14.3 Å². The Morgan fingerprint density at radius 1 is 1.47 bits per heavy atom. The zero-order chi connectivity index (χ0) is 12.4. The van der Waals surface area contributed by atoms with Crippen molar-refractivity contribution in [2.45, 2.75) is 20.3 Å². The molecule has 17 heavy (non-hydrogen) atoms. The van der Waals surface area contributed by atoms with E-state index in [1.165, 1.54) is 0 Å². The van der Waals surface area contributed by atoms with Crippen molar-refractivity contribution in [2.24, 2.45) is 0 Å². The van der Waals surface area contributed by atoms with Crippen molar-refractivity contribution in [3.63, 3.8) is 0 Å². The summed E-state index contributed by atoms with van der Waals surface area (Å²) >= 11 is 0. The maximum Gasteiger partial charge on any atom is 0.372 e. The van der Waals surface area contributed by atoms with Crippen LogP contribution in [-0.4, -0.2) is 17.7 Å². The Balaban J connectivity index is 2.58. The number of carbonyl (C=O) groups is 1. The zero-order valence-corrected chi connectivity index (χ0v) is 9.82. The van der Waals surface area contributed by atoms with Crippen LogP contribution in [0, 0.1) is 6.92 Å². The van der Waals surface area contributed by atoms with Crippen LogP contribution in [0.25, 0.3) is 11.0 Å². The lowest BCUT2D eigenvalue weighted by molar-refractivity contribution is 0.0664. The van der Waals surface area contributed by atoms with Gasteiger partial charge in [0.25, 0.3) is 0 Å². The monoisotopic (exact) mass is 234 g/mol. The van der Waals surface area contributed by atoms with Crippen molar-refractivity contribution in [2.75, 3.05) is 6.61 Å². The molecule has 1 aromatic carbocycles. The van der Waals surface area contributed by atoms with E-state index in [1.807, 2.05) is 13.0 Å². The highest BCUT2D eigenvalue weighted by Crippen LogP contribution is 2.33. The predicted molar refractivity (Wildman–Crippen MR) is 63.7 cm³/mol. The topological polar surface area (TPSA) is 59.7 Å². The number of aryl methyl sites for hydroxylation is 1. The summed E-state index contributed by atoms with van der Waals surface area (Å²) in [5.41, 5.74) is 1.16. The maximum absolute atomic E-state index is 11.0. The molecule has 0 atom stereocenters. The lowest BCUT2D eigenvalue weighted by atomic mass is 10.1. The summed E-state index contributed by atoms with van der Waals surface area (Å²) in [6, 6.07) is 5.36. The van der Waals surface area contributed by atoms with Crippen LogP contribution in [0.5, 0.6) is 5.75 Å². The second kappa shape index (κ2) is 4.49.